The van der Waals surface area contributed by atoms with Crippen molar-refractivity contribution in [1.82, 2.24) is 14.8 Å². The first-order chi connectivity index (χ1) is 15.1. The Labute approximate surface area is 211 Å². The number of aromatic nitrogens is 1. The molecule has 0 aromatic carbocycles. The molecule has 6 nitrogen and oxygen atoms in total. The van der Waals surface area contributed by atoms with Crippen LogP contribution in [-0.2, 0) is 4.79 Å². The highest BCUT2D eigenvalue weighted by Crippen LogP contribution is 2.48. The molecule has 174 valence electrons. The number of thiophene rings is 1. The number of anilines is 1. The lowest BCUT2D eigenvalue weighted by Gasteiger charge is -2.35. The highest BCUT2D eigenvalue weighted by atomic mass is 79.9. The maximum atomic E-state index is 12.8. The van der Waals surface area contributed by atoms with Gasteiger partial charge in [0.25, 0.3) is 5.24 Å². The maximum Gasteiger partial charge on any atom is 0.289 e. The molecule has 3 aliphatic rings. The van der Waals surface area contributed by atoms with Crippen molar-refractivity contribution in [1.29, 1.82) is 0 Å². The number of imide groups is 1. The summed E-state index contributed by atoms with van der Waals surface area (Å²) in [6.07, 6.45) is 7.68. The predicted octanol–water partition coefficient (Wildman–Crippen LogP) is 5.39. The average molecular weight is 560 g/mol. The number of carbonyl (C=O) groups excluding carboxylic acids is 2. The van der Waals surface area contributed by atoms with Crippen molar-refractivity contribution in [3.63, 3.8) is 0 Å². The van der Waals surface area contributed by atoms with Gasteiger partial charge in [0.2, 0.25) is 5.91 Å². The lowest BCUT2D eigenvalue weighted by atomic mass is 10.1. The second-order valence-corrected chi connectivity index (χ2v) is 12.5. The minimum atomic E-state index is -0.414. The number of thioether (sulfide) groups is 1. The fraction of sp³-hybridized carbons (Fsp3) is 0.591. The molecule has 1 spiro atoms. The first-order valence-corrected chi connectivity index (χ1v) is 13.5. The van der Waals surface area contributed by atoms with E-state index in [9.17, 15) is 9.59 Å². The number of hydrogen-bond acceptors (Lipinski definition) is 7. The van der Waals surface area contributed by atoms with Gasteiger partial charge in [-0.3, -0.25) is 19.4 Å². The second kappa shape index (κ2) is 10.2. The van der Waals surface area contributed by atoms with E-state index in [0.29, 0.717) is 6.54 Å². The topological polar surface area (TPSA) is 56.8 Å². The van der Waals surface area contributed by atoms with Gasteiger partial charge >= 0.3 is 0 Å². The smallest absolute Gasteiger partial charge is 0.289 e. The van der Waals surface area contributed by atoms with Gasteiger partial charge in [-0.05, 0) is 72.1 Å². The molecular formula is C22H28BrClN4O2S2. The summed E-state index contributed by atoms with van der Waals surface area (Å²) in [7, 11) is 0. The van der Waals surface area contributed by atoms with Gasteiger partial charge in [-0.1, -0.05) is 12.8 Å². The molecule has 32 heavy (non-hydrogen) atoms. The van der Waals surface area contributed by atoms with Crippen molar-refractivity contribution in [3.8, 4) is 0 Å². The van der Waals surface area contributed by atoms with Gasteiger partial charge in [0, 0.05) is 49.0 Å². The Balaban J connectivity index is 0.00000245. The summed E-state index contributed by atoms with van der Waals surface area (Å²) in [5, 5.41) is 1.20. The number of fused-ring (bicyclic) bond motifs is 1. The normalized spacial score (nSPS) is 21.2. The van der Waals surface area contributed by atoms with Crippen LogP contribution in [0.4, 0.5) is 10.6 Å². The zero-order valence-corrected chi connectivity index (χ0v) is 22.0. The maximum absolute atomic E-state index is 12.8. The van der Waals surface area contributed by atoms with Gasteiger partial charge in [0.15, 0.2) is 0 Å². The third kappa shape index (κ3) is 4.69. The van der Waals surface area contributed by atoms with Crippen LogP contribution in [0.1, 0.15) is 38.5 Å². The van der Waals surface area contributed by atoms with Gasteiger partial charge < -0.3 is 4.90 Å². The zero-order chi connectivity index (χ0) is 21.4. The quantitative estimate of drug-likeness (QED) is 0.442. The van der Waals surface area contributed by atoms with Crippen LogP contribution in [0.2, 0.25) is 0 Å². The van der Waals surface area contributed by atoms with Crippen LogP contribution in [-0.4, -0.2) is 69.9 Å². The van der Waals surface area contributed by atoms with E-state index in [0.717, 1.165) is 80.9 Å². The first kappa shape index (κ1) is 24.3. The summed E-state index contributed by atoms with van der Waals surface area (Å²) in [4.78, 5) is 36.2. The van der Waals surface area contributed by atoms with E-state index in [1.54, 1.807) is 11.3 Å². The summed E-state index contributed by atoms with van der Waals surface area (Å²) in [6, 6.07) is 4.25. The SMILES string of the molecule is Cl.O=C1SC2(CCCC2)C(=O)N1CCCCN1CCN(c2nccc3sc(Br)cc23)CC1. The van der Waals surface area contributed by atoms with Crippen LogP contribution in [0, 0.1) is 0 Å². The number of piperazine rings is 1. The Kier molecular flexibility index (Phi) is 7.71. The number of unbranched alkanes of at least 4 members (excludes halogenated alkanes) is 1. The van der Waals surface area contributed by atoms with Crippen LogP contribution in [0.3, 0.4) is 0 Å². The van der Waals surface area contributed by atoms with Gasteiger partial charge in [0.1, 0.15) is 10.6 Å². The third-order valence-electron chi connectivity index (χ3n) is 6.72. The second-order valence-electron chi connectivity index (χ2n) is 8.66. The van der Waals surface area contributed by atoms with Gasteiger partial charge in [0.05, 0.1) is 3.79 Å². The van der Waals surface area contributed by atoms with Crippen molar-refractivity contribution in [2.75, 3.05) is 44.2 Å². The van der Waals surface area contributed by atoms with Crippen LogP contribution >= 0.6 is 51.4 Å². The summed E-state index contributed by atoms with van der Waals surface area (Å²) in [6.45, 7) is 5.58. The fourth-order valence-electron chi connectivity index (χ4n) is 5.01. The minimum absolute atomic E-state index is 0. The van der Waals surface area contributed by atoms with Crippen molar-refractivity contribution in [2.45, 2.75) is 43.3 Å². The molecule has 0 radical (unpaired) electrons. The average Bonchev–Trinajstić information content (AvgIpc) is 3.45. The zero-order valence-electron chi connectivity index (χ0n) is 17.9. The van der Waals surface area contributed by atoms with Crippen LogP contribution in [0.25, 0.3) is 10.1 Å². The molecule has 0 bridgehead atoms. The van der Waals surface area contributed by atoms with Crippen molar-refractivity contribution in [2.24, 2.45) is 0 Å². The largest absolute Gasteiger partial charge is 0.354 e. The van der Waals surface area contributed by atoms with Crippen LogP contribution < -0.4 is 4.90 Å². The minimum Gasteiger partial charge on any atom is -0.354 e. The molecule has 0 atom stereocenters. The first-order valence-electron chi connectivity index (χ1n) is 11.1. The number of halogens is 2. The van der Waals surface area contributed by atoms with Crippen molar-refractivity contribution < 1.29 is 9.59 Å². The molecule has 3 fully saturated rings. The Bertz CT molecular complexity index is 989. The summed E-state index contributed by atoms with van der Waals surface area (Å²) < 4.78 is 1.99. The van der Waals surface area contributed by atoms with E-state index in [2.05, 4.69) is 42.8 Å². The molecule has 1 aliphatic carbocycles. The third-order valence-corrected chi connectivity index (χ3v) is 9.69. The monoisotopic (exact) mass is 558 g/mol. The van der Waals surface area contributed by atoms with E-state index < -0.39 is 4.75 Å². The van der Waals surface area contributed by atoms with Crippen LogP contribution in [0.5, 0.6) is 0 Å². The summed E-state index contributed by atoms with van der Waals surface area (Å²) in [5.74, 6) is 1.17. The molecule has 1 saturated carbocycles. The lowest BCUT2D eigenvalue weighted by Crippen LogP contribution is -2.47. The van der Waals surface area contributed by atoms with Crippen molar-refractivity contribution in [3.05, 3.63) is 22.1 Å². The van der Waals surface area contributed by atoms with E-state index in [-0.39, 0.29) is 23.6 Å². The molecule has 2 aliphatic heterocycles. The molecule has 2 aromatic rings. The molecular weight excluding hydrogens is 532 g/mol. The summed E-state index contributed by atoms with van der Waals surface area (Å²) in [5.41, 5.74) is 0. The number of hydrogen-bond donors (Lipinski definition) is 0. The van der Waals surface area contributed by atoms with Gasteiger partial charge in [-0.25, -0.2) is 4.98 Å². The summed E-state index contributed by atoms with van der Waals surface area (Å²) >= 11 is 6.63. The standard InChI is InChI=1S/C22H27BrN4O2S2.ClH/c23-18-15-16-17(30-18)5-8-24-19(16)26-13-11-25(12-14-26)9-3-4-10-27-20(28)22(31-21(27)29)6-1-2-7-22;/h5,8,15H,1-4,6-7,9-14H2;1H. The number of rotatable bonds is 6. The van der Waals surface area contributed by atoms with E-state index in [1.165, 1.54) is 26.7 Å². The highest BCUT2D eigenvalue weighted by molar-refractivity contribution is 9.11. The lowest BCUT2D eigenvalue weighted by molar-refractivity contribution is -0.129. The van der Waals surface area contributed by atoms with Crippen LogP contribution in [0.15, 0.2) is 22.1 Å². The van der Waals surface area contributed by atoms with Crippen molar-refractivity contribution >= 4 is 78.5 Å². The number of carbonyl (C=O) groups is 2. The Morgan fingerprint density at radius 3 is 2.53 bits per heavy atom. The van der Waals surface area contributed by atoms with E-state index in [1.807, 2.05) is 6.20 Å². The molecule has 2 amide bonds. The number of nitrogens with zero attached hydrogens (tertiary/aromatic N) is 4. The Morgan fingerprint density at radius 2 is 1.78 bits per heavy atom. The van der Waals surface area contributed by atoms with Gasteiger partial charge in [-0.15, -0.1) is 23.7 Å². The van der Waals surface area contributed by atoms with E-state index >= 15 is 0 Å². The van der Waals surface area contributed by atoms with Gasteiger partial charge in [-0.2, -0.15) is 0 Å². The predicted molar refractivity (Wildman–Crippen MR) is 138 cm³/mol. The molecule has 2 saturated heterocycles. The highest BCUT2D eigenvalue weighted by Gasteiger charge is 2.53. The number of pyridine rings is 1. The Hall–Kier alpha value is -0.870. The molecule has 0 unspecified atom stereocenters. The molecule has 2 aromatic heterocycles. The fourth-order valence-corrected chi connectivity index (χ4v) is 7.84. The number of amides is 2. The van der Waals surface area contributed by atoms with E-state index in [4.69, 9.17) is 0 Å². The molecule has 10 heteroatoms. The molecule has 5 rings (SSSR count). The molecule has 4 heterocycles. The molecule has 0 N–H and O–H groups in total. The Morgan fingerprint density at radius 1 is 1.06 bits per heavy atom.